The number of amides is 2. The maximum atomic E-state index is 11.9. The van der Waals surface area contributed by atoms with Crippen molar-refractivity contribution in [2.24, 2.45) is 5.10 Å². The molecule has 5 nitrogen and oxygen atoms in total. The number of nitrogens with zero attached hydrogens (tertiary/aromatic N) is 1. The van der Waals surface area contributed by atoms with Crippen molar-refractivity contribution in [2.45, 2.75) is 26.7 Å². The molecule has 0 aliphatic heterocycles. The predicted octanol–water partition coefficient (Wildman–Crippen LogP) is 3.83. The summed E-state index contributed by atoms with van der Waals surface area (Å²) in [5, 5.41) is 7.23. The number of aryl methyl sites for hydroxylation is 1. The highest BCUT2D eigenvalue weighted by Crippen LogP contribution is 2.23. The molecule has 0 unspecified atom stereocenters. The first-order chi connectivity index (χ1) is 12.0. The Bertz CT molecular complexity index is 803. The second-order valence-electron chi connectivity index (χ2n) is 5.67. The molecule has 0 aliphatic carbocycles. The van der Waals surface area contributed by atoms with E-state index in [2.05, 4.69) is 15.8 Å². The van der Waals surface area contributed by atoms with Gasteiger partial charge in [-0.1, -0.05) is 47.5 Å². The van der Waals surface area contributed by atoms with Crippen LogP contribution in [-0.2, 0) is 9.59 Å². The lowest BCUT2D eigenvalue weighted by atomic mass is 10.2. The average Bonchev–Trinajstić information content (AvgIpc) is 2.57. The Hall–Kier alpha value is -2.66. The van der Waals surface area contributed by atoms with Crippen LogP contribution in [0.25, 0.3) is 0 Å². The smallest absolute Gasteiger partial charge is 0.240 e. The van der Waals surface area contributed by atoms with Crippen LogP contribution in [0.2, 0.25) is 5.02 Å². The van der Waals surface area contributed by atoms with Crippen LogP contribution in [0, 0.1) is 13.8 Å². The Morgan fingerprint density at radius 3 is 2.56 bits per heavy atom. The van der Waals surface area contributed by atoms with Crippen molar-refractivity contribution in [3.8, 4) is 0 Å². The summed E-state index contributed by atoms with van der Waals surface area (Å²) < 4.78 is 0. The summed E-state index contributed by atoms with van der Waals surface area (Å²) in [7, 11) is 0. The zero-order chi connectivity index (χ0) is 18.2. The highest BCUT2D eigenvalue weighted by atomic mass is 35.5. The van der Waals surface area contributed by atoms with E-state index in [-0.39, 0.29) is 24.7 Å². The average molecular weight is 358 g/mol. The predicted molar refractivity (Wildman–Crippen MR) is 101 cm³/mol. The topological polar surface area (TPSA) is 70.6 Å². The maximum Gasteiger partial charge on any atom is 0.240 e. The molecule has 0 saturated carbocycles. The van der Waals surface area contributed by atoms with Crippen molar-refractivity contribution in [2.75, 3.05) is 5.32 Å². The number of anilines is 1. The van der Waals surface area contributed by atoms with Crippen LogP contribution in [0.1, 0.15) is 29.5 Å². The molecule has 0 aliphatic rings. The summed E-state index contributed by atoms with van der Waals surface area (Å²) in [5.74, 6) is -0.565. The minimum absolute atomic E-state index is 0.0522. The third kappa shape index (κ3) is 6.04. The van der Waals surface area contributed by atoms with E-state index in [1.807, 2.05) is 38.1 Å². The Balaban J connectivity index is 1.77. The Morgan fingerprint density at radius 2 is 1.80 bits per heavy atom. The fraction of sp³-hybridized carbons (Fsp3) is 0.211. The quantitative estimate of drug-likeness (QED) is 0.609. The van der Waals surface area contributed by atoms with Gasteiger partial charge in [0.25, 0.3) is 0 Å². The van der Waals surface area contributed by atoms with Gasteiger partial charge in [-0.15, -0.1) is 0 Å². The lowest BCUT2D eigenvalue weighted by Crippen LogP contribution is -2.20. The van der Waals surface area contributed by atoms with E-state index in [1.165, 1.54) is 0 Å². The lowest BCUT2D eigenvalue weighted by Gasteiger charge is -2.09. The summed E-state index contributed by atoms with van der Waals surface area (Å²) in [6, 6.07) is 13.0. The van der Waals surface area contributed by atoms with Gasteiger partial charge in [-0.2, -0.15) is 5.10 Å². The van der Waals surface area contributed by atoms with Gasteiger partial charge < -0.3 is 5.32 Å². The molecule has 0 atom stereocenters. The zero-order valence-corrected chi connectivity index (χ0v) is 14.9. The second kappa shape index (κ2) is 8.99. The van der Waals surface area contributed by atoms with Crippen molar-refractivity contribution < 1.29 is 9.59 Å². The normalized spacial score (nSPS) is 10.7. The Kier molecular flexibility index (Phi) is 6.71. The molecule has 130 valence electrons. The number of carbonyl (C=O) groups is 2. The van der Waals surface area contributed by atoms with Gasteiger partial charge in [0.1, 0.15) is 0 Å². The molecular weight excluding hydrogens is 338 g/mol. The van der Waals surface area contributed by atoms with E-state index in [4.69, 9.17) is 11.6 Å². The number of hydrazone groups is 1. The molecule has 0 spiro atoms. The molecule has 0 aromatic heterocycles. The molecule has 0 heterocycles. The standard InChI is InChI=1S/C19H20ClN3O2/c1-13-5-3-6-15(11-13)12-21-23-19(25)10-9-18(24)22-17-8-4-7-16(20)14(17)2/h3-8,11-12H,9-10H2,1-2H3,(H,22,24)(H,23,25)/b21-12+. The minimum Gasteiger partial charge on any atom is -0.326 e. The molecular formula is C19H20ClN3O2. The number of hydrogen-bond acceptors (Lipinski definition) is 3. The summed E-state index contributed by atoms with van der Waals surface area (Å²) in [6.45, 7) is 3.81. The van der Waals surface area contributed by atoms with Crippen LogP contribution in [0.4, 0.5) is 5.69 Å². The molecule has 2 amide bonds. The number of rotatable bonds is 6. The molecule has 0 fully saturated rings. The van der Waals surface area contributed by atoms with Gasteiger partial charge in [-0.3, -0.25) is 9.59 Å². The number of benzene rings is 2. The molecule has 0 saturated heterocycles. The first-order valence-electron chi connectivity index (χ1n) is 7.89. The van der Waals surface area contributed by atoms with Gasteiger partial charge in [0.15, 0.2) is 0 Å². The van der Waals surface area contributed by atoms with Crippen molar-refractivity contribution in [3.63, 3.8) is 0 Å². The van der Waals surface area contributed by atoms with Gasteiger partial charge in [-0.05, 0) is 37.1 Å². The van der Waals surface area contributed by atoms with E-state index < -0.39 is 0 Å². The van der Waals surface area contributed by atoms with Crippen LogP contribution < -0.4 is 10.7 Å². The van der Waals surface area contributed by atoms with Crippen LogP contribution in [-0.4, -0.2) is 18.0 Å². The van der Waals surface area contributed by atoms with E-state index in [0.717, 1.165) is 16.7 Å². The number of carbonyl (C=O) groups excluding carboxylic acids is 2. The zero-order valence-electron chi connectivity index (χ0n) is 14.2. The van der Waals surface area contributed by atoms with E-state index in [9.17, 15) is 9.59 Å². The number of hydrogen-bond donors (Lipinski definition) is 2. The van der Waals surface area contributed by atoms with Gasteiger partial charge in [0, 0.05) is 23.6 Å². The first-order valence-corrected chi connectivity index (χ1v) is 8.27. The monoisotopic (exact) mass is 357 g/mol. The minimum atomic E-state index is -0.318. The molecule has 2 aromatic carbocycles. The first kappa shape index (κ1) is 18.7. The Morgan fingerprint density at radius 1 is 1.08 bits per heavy atom. The SMILES string of the molecule is Cc1cccc(/C=N/NC(=O)CCC(=O)Nc2cccc(Cl)c2C)c1. The maximum absolute atomic E-state index is 11.9. The molecule has 2 rings (SSSR count). The highest BCUT2D eigenvalue weighted by Gasteiger charge is 2.09. The fourth-order valence-electron chi connectivity index (χ4n) is 2.17. The van der Waals surface area contributed by atoms with Crippen molar-refractivity contribution in [1.82, 2.24) is 5.43 Å². The Labute approximate surface area is 152 Å². The van der Waals surface area contributed by atoms with Crippen LogP contribution >= 0.6 is 11.6 Å². The van der Waals surface area contributed by atoms with Crippen molar-refractivity contribution in [1.29, 1.82) is 0 Å². The third-order valence-corrected chi connectivity index (χ3v) is 3.98. The molecule has 0 bridgehead atoms. The van der Waals surface area contributed by atoms with Gasteiger partial charge in [-0.25, -0.2) is 5.43 Å². The second-order valence-corrected chi connectivity index (χ2v) is 6.08. The van der Waals surface area contributed by atoms with Crippen LogP contribution in [0.5, 0.6) is 0 Å². The summed E-state index contributed by atoms with van der Waals surface area (Å²) in [4.78, 5) is 23.7. The molecule has 6 heteroatoms. The summed E-state index contributed by atoms with van der Waals surface area (Å²) in [5.41, 5.74) is 5.88. The van der Waals surface area contributed by atoms with Crippen molar-refractivity contribution >= 4 is 35.3 Å². The summed E-state index contributed by atoms with van der Waals surface area (Å²) >= 11 is 6.01. The molecule has 2 N–H and O–H groups in total. The molecule has 2 aromatic rings. The largest absolute Gasteiger partial charge is 0.326 e. The number of halogens is 1. The third-order valence-electron chi connectivity index (χ3n) is 3.57. The van der Waals surface area contributed by atoms with E-state index in [0.29, 0.717) is 10.7 Å². The van der Waals surface area contributed by atoms with Crippen LogP contribution in [0.3, 0.4) is 0 Å². The summed E-state index contributed by atoms with van der Waals surface area (Å²) in [6.07, 6.45) is 1.69. The van der Waals surface area contributed by atoms with E-state index in [1.54, 1.807) is 24.4 Å². The van der Waals surface area contributed by atoms with Gasteiger partial charge >= 0.3 is 0 Å². The van der Waals surface area contributed by atoms with Gasteiger partial charge in [0.05, 0.1) is 6.21 Å². The lowest BCUT2D eigenvalue weighted by molar-refractivity contribution is -0.124. The van der Waals surface area contributed by atoms with E-state index >= 15 is 0 Å². The van der Waals surface area contributed by atoms with Gasteiger partial charge in [0.2, 0.25) is 11.8 Å². The van der Waals surface area contributed by atoms with Crippen LogP contribution in [0.15, 0.2) is 47.6 Å². The fourth-order valence-corrected chi connectivity index (χ4v) is 2.34. The van der Waals surface area contributed by atoms with Crippen molar-refractivity contribution in [3.05, 3.63) is 64.2 Å². The molecule has 25 heavy (non-hydrogen) atoms. The number of nitrogens with one attached hydrogen (secondary N) is 2. The highest BCUT2D eigenvalue weighted by molar-refractivity contribution is 6.31. The molecule has 0 radical (unpaired) electrons.